The zero-order valence-corrected chi connectivity index (χ0v) is 22.2. The van der Waals surface area contributed by atoms with Crippen molar-refractivity contribution >= 4 is 62.5 Å². The van der Waals surface area contributed by atoms with E-state index in [0.29, 0.717) is 4.90 Å². The molecule has 4 rings (SSSR count). The van der Waals surface area contributed by atoms with E-state index in [4.69, 9.17) is 27.9 Å². The zero-order chi connectivity index (χ0) is 27.8. The summed E-state index contributed by atoms with van der Waals surface area (Å²) in [5, 5.41) is 12.7. The number of phenolic OH excluding ortho intramolecular Hbond substituents is 1. The molecule has 7 nitrogen and oxygen atoms in total. The molecule has 3 aromatic carbocycles. The van der Waals surface area contributed by atoms with E-state index in [0.717, 1.165) is 30.0 Å². The summed E-state index contributed by atoms with van der Waals surface area (Å²) in [7, 11) is -2.74. The van der Waals surface area contributed by atoms with Crippen molar-refractivity contribution in [1.82, 2.24) is 0 Å². The first-order valence-electron chi connectivity index (χ1n) is 10.4. The van der Waals surface area contributed by atoms with Gasteiger partial charge >= 0.3 is 6.36 Å². The Morgan fingerprint density at radius 1 is 1.08 bits per heavy atom. The number of anilines is 1. The number of halogens is 5. The molecule has 0 atom stereocenters. The normalized spacial score (nSPS) is 14.7. The lowest BCUT2D eigenvalue weighted by atomic mass is 10.1. The minimum absolute atomic E-state index is 0.0352. The molecule has 14 heteroatoms. The lowest BCUT2D eigenvalue weighted by Gasteiger charge is -2.21. The molecule has 0 aliphatic carbocycles. The van der Waals surface area contributed by atoms with Crippen molar-refractivity contribution < 1.29 is 41.0 Å². The van der Waals surface area contributed by atoms with Gasteiger partial charge in [-0.15, -0.1) is 13.2 Å². The van der Waals surface area contributed by atoms with E-state index >= 15 is 0 Å². The van der Waals surface area contributed by atoms with Gasteiger partial charge in [0.1, 0.15) is 17.2 Å². The molecule has 1 amide bonds. The van der Waals surface area contributed by atoms with E-state index in [9.17, 15) is 31.5 Å². The van der Waals surface area contributed by atoms with Gasteiger partial charge in [-0.3, -0.25) is 4.79 Å². The first-order valence-corrected chi connectivity index (χ1v) is 13.7. The van der Waals surface area contributed by atoms with Crippen LogP contribution in [0.5, 0.6) is 17.2 Å². The van der Waals surface area contributed by atoms with Crippen LogP contribution in [-0.2, 0) is 20.4 Å². The first kappa shape index (κ1) is 28.0. The second kappa shape index (κ2) is 10.6. The molecule has 0 aromatic heterocycles. The molecular weight excluding hydrogens is 590 g/mol. The standard InChI is InChI=1S/C24H16Cl2F3NO6S2/c1-35-19-7-12(31)8-20(36-24(27,28)29)14(19)10-22-23(32)30-18-9-13(5-6-21(18)37-22)38(33,34)11-15-16(25)3-2-4-17(15)26/h2-10,31H,11H2,1H3,(H,30,32)/b22-10-. The maximum atomic E-state index is 13.0. The predicted octanol–water partition coefficient (Wildman–Crippen LogP) is 6.67. The Hall–Kier alpha value is -3.06. The Balaban J connectivity index is 1.68. The van der Waals surface area contributed by atoms with Crippen molar-refractivity contribution in [2.45, 2.75) is 21.9 Å². The molecule has 0 spiro atoms. The number of thioether (sulfide) groups is 1. The number of carbonyl (C=O) groups excluding carboxylic acids is 1. The number of rotatable bonds is 6. The van der Waals surface area contributed by atoms with Gasteiger partial charge in [0.05, 0.1) is 33.9 Å². The summed E-state index contributed by atoms with van der Waals surface area (Å²) < 4.78 is 74.0. The average Bonchev–Trinajstić information content (AvgIpc) is 2.82. The second-order valence-electron chi connectivity index (χ2n) is 7.79. The molecule has 0 unspecified atom stereocenters. The third-order valence-corrected chi connectivity index (χ3v) is 8.66. The monoisotopic (exact) mass is 605 g/mol. The number of benzene rings is 3. The van der Waals surface area contributed by atoms with Crippen LogP contribution < -0.4 is 14.8 Å². The van der Waals surface area contributed by atoms with Crippen molar-refractivity contribution in [2.24, 2.45) is 0 Å². The molecule has 200 valence electrons. The van der Waals surface area contributed by atoms with Crippen LogP contribution in [0.1, 0.15) is 11.1 Å². The van der Waals surface area contributed by atoms with E-state index < -0.39 is 39.4 Å². The van der Waals surface area contributed by atoms with Gasteiger partial charge in [-0.2, -0.15) is 0 Å². The fourth-order valence-corrected chi connectivity index (χ4v) is 6.55. The van der Waals surface area contributed by atoms with Crippen LogP contribution in [0.2, 0.25) is 10.0 Å². The first-order chi connectivity index (χ1) is 17.8. The summed E-state index contributed by atoms with van der Waals surface area (Å²) >= 11 is 13.1. The highest BCUT2D eigenvalue weighted by Crippen LogP contribution is 2.44. The van der Waals surface area contributed by atoms with Gasteiger partial charge in [-0.1, -0.05) is 41.0 Å². The molecule has 2 N–H and O–H groups in total. The topological polar surface area (TPSA) is 102 Å². The smallest absolute Gasteiger partial charge is 0.508 e. The average molecular weight is 606 g/mol. The van der Waals surface area contributed by atoms with Crippen LogP contribution in [0.15, 0.2) is 63.2 Å². The van der Waals surface area contributed by atoms with E-state index in [2.05, 4.69) is 10.1 Å². The zero-order valence-electron chi connectivity index (χ0n) is 19.1. The Morgan fingerprint density at radius 2 is 1.74 bits per heavy atom. The molecule has 0 radical (unpaired) electrons. The largest absolute Gasteiger partial charge is 0.573 e. The number of alkyl halides is 3. The Kier molecular flexibility index (Phi) is 7.80. The summed E-state index contributed by atoms with van der Waals surface area (Å²) in [6.07, 6.45) is -3.96. The van der Waals surface area contributed by atoms with Gasteiger partial charge in [0.15, 0.2) is 9.84 Å². The lowest BCUT2D eigenvalue weighted by Crippen LogP contribution is -2.19. The highest BCUT2D eigenvalue weighted by Gasteiger charge is 2.33. The second-order valence-corrected chi connectivity index (χ2v) is 11.7. The van der Waals surface area contributed by atoms with Gasteiger partial charge in [0, 0.05) is 32.6 Å². The molecular formula is C24H16Cl2F3NO6S2. The number of nitrogens with one attached hydrogen (secondary N) is 1. The van der Waals surface area contributed by atoms with Crippen molar-refractivity contribution in [3.8, 4) is 17.2 Å². The van der Waals surface area contributed by atoms with Gasteiger partial charge in [0.2, 0.25) is 0 Å². The summed E-state index contributed by atoms with van der Waals surface area (Å²) in [6.45, 7) is 0. The molecule has 1 aliphatic rings. The maximum Gasteiger partial charge on any atom is 0.573 e. The van der Waals surface area contributed by atoms with Gasteiger partial charge < -0.3 is 19.9 Å². The van der Waals surface area contributed by atoms with Crippen LogP contribution in [0.4, 0.5) is 18.9 Å². The third-order valence-electron chi connectivity index (χ3n) is 5.21. The molecule has 1 aliphatic heterocycles. The number of sulfone groups is 1. The fraction of sp³-hybridized carbons (Fsp3) is 0.125. The molecule has 3 aromatic rings. The summed E-state index contributed by atoms with van der Waals surface area (Å²) in [4.78, 5) is 13.1. The number of carbonyl (C=O) groups is 1. The summed E-state index contributed by atoms with van der Waals surface area (Å²) in [6, 6.07) is 10.5. The number of amides is 1. The number of phenols is 1. The van der Waals surface area contributed by atoms with Gasteiger partial charge in [0.25, 0.3) is 5.91 Å². The van der Waals surface area contributed by atoms with E-state index in [-0.39, 0.29) is 42.4 Å². The van der Waals surface area contributed by atoms with Crippen LogP contribution in [-0.4, -0.2) is 32.9 Å². The van der Waals surface area contributed by atoms with E-state index in [1.165, 1.54) is 37.4 Å². The molecule has 38 heavy (non-hydrogen) atoms. The van der Waals surface area contributed by atoms with Crippen molar-refractivity contribution in [3.63, 3.8) is 0 Å². The molecule has 0 fully saturated rings. The van der Waals surface area contributed by atoms with Crippen molar-refractivity contribution in [1.29, 1.82) is 0 Å². The van der Waals surface area contributed by atoms with Crippen LogP contribution in [0, 0.1) is 0 Å². The number of hydrogen-bond donors (Lipinski definition) is 2. The van der Waals surface area contributed by atoms with Gasteiger partial charge in [-0.05, 0) is 36.4 Å². The van der Waals surface area contributed by atoms with Gasteiger partial charge in [-0.25, -0.2) is 8.42 Å². The Labute approximate surface area is 229 Å². The molecule has 0 saturated carbocycles. The number of aromatic hydroxyl groups is 1. The highest BCUT2D eigenvalue weighted by molar-refractivity contribution is 8.04. The van der Waals surface area contributed by atoms with Crippen molar-refractivity contribution in [2.75, 3.05) is 12.4 Å². The van der Waals surface area contributed by atoms with E-state index in [1.54, 1.807) is 6.07 Å². The minimum atomic E-state index is -5.07. The van der Waals surface area contributed by atoms with Crippen molar-refractivity contribution in [3.05, 3.63) is 74.6 Å². The van der Waals surface area contributed by atoms with E-state index in [1.807, 2.05) is 0 Å². The van der Waals surface area contributed by atoms with Crippen LogP contribution in [0.3, 0.4) is 0 Å². The quantitative estimate of drug-likeness (QED) is 0.303. The number of methoxy groups -OCH3 is 1. The highest BCUT2D eigenvalue weighted by atomic mass is 35.5. The minimum Gasteiger partial charge on any atom is -0.508 e. The molecule has 0 bridgehead atoms. The number of fused-ring (bicyclic) bond motifs is 1. The number of hydrogen-bond acceptors (Lipinski definition) is 7. The molecule has 1 heterocycles. The SMILES string of the molecule is COc1cc(O)cc(OC(F)(F)F)c1/C=C1\Sc2ccc(S(=O)(=O)Cc3c(Cl)cccc3Cl)cc2NC1=O. The third kappa shape index (κ3) is 6.15. The Morgan fingerprint density at radius 3 is 2.37 bits per heavy atom. The van der Waals surface area contributed by atoms with Crippen LogP contribution in [0.25, 0.3) is 6.08 Å². The maximum absolute atomic E-state index is 13.0. The predicted molar refractivity (Wildman–Crippen MR) is 138 cm³/mol. The Bertz CT molecular complexity index is 1560. The lowest BCUT2D eigenvalue weighted by molar-refractivity contribution is -0.274. The van der Waals surface area contributed by atoms with Crippen LogP contribution >= 0.6 is 35.0 Å². The summed E-state index contributed by atoms with van der Waals surface area (Å²) in [5.41, 5.74) is 0.185. The fourth-order valence-electron chi connectivity index (χ4n) is 3.52. The molecule has 0 saturated heterocycles. The summed E-state index contributed by atoms with van der Waals surface area (Å²) in [5.74, 6) is -2.67. The number of ether oxygens (including phenoxy) is 2.